The molecule has 0 radical (unpaired) electrons. The van der Waals surface area contributed by atoms with Crippen molar-refractivity contribution in [2.75, 3.05) is 33.4 Å². The van der Waals surface area contributed by atoms with Gasteiger partial charge in [-0.3, -0.25) is 19.2 Å². The number of hydrogen-bond acceptors (Lipinski definition) is 8. The molecule has 3 aliphatic heterocycles. The van der Waals surface area contributed by atoms with E-state index in [0.29, 0.717) is 44.2 Å². The van der Waals surface area contributed by atoms with Gasteiger partial charge in [-0.1, -0.05) is 58.4 Å². The molecule has 0 aromatic heterocycles. The molecule has 12 heteroatoms. The highest BCUT2D eigenvalue weighted by atomic mass is 79.9. The number of fused-ring (bicyclic) bond motifs is 1. The maximum Gasteiger partial charge on any atom is 0.313 e. The quantitative estimate of drug-likeness (QED) is 0.0953. The molecular weight excluding hydrogens is 682 g/mol. The number of allylic oxidation sites excluding steroid dienone is 1. The molecule has 3 fully saturated rings. The van der Waals surface area contributed by atoms with Crippen LogP contribution in [0.4, 0.5) is 0 Å². The third kappa shape index (κ3) is 7.72. The second-order valence-corrected chi connectivity index (χ2v) is 14.3. The smallest absolute Gasteiger partial charge is 0.313 e. The topological polar surface area (TPSA) is 135 Å². The first kappa shape index (κ1) is 37.8. The van der Waals surface area contributed by atoms with Crippen LogP contribution in [0.15, 0.2) is 55.6 Å². The number of halogens is 1. The number of likely N-dealkylation sites (tertiary alicyclic amines) is 1. The highest BCUT2D eigenvalue weighted by Gasteiger charge is 2.77. The molecule has 3 heterocycles. The van der Waals surface area contributed by atoms with Gasteiger partial charge in [0.1, 0.15) is 17.7 Å². The molecule has 48 heavy (non-hydrogen) atoms. The zero-order valence-corrected chi connectivity index (χ0v) is 29.8. The van der Waals surface area contributed by atoms with Crippen molar-refractivity contribution in [2.24, 2.45) is 11.8 Å². The second-order valence-electron chi connectivity index (χ2n) is 13.1. The minimum Gasteiger partial charge on any atom is -0.455 e. The van der Waals surface area contributed by atoms with E-state index in [1.165, 1.54) is 7.11 Å². The molecule has 3 saturated heterocycles. The van der Waals surface area contributed by atoms with Gasteiger partial charge >= 0.3 is 5.97 Å². The first-order valence-corrected chi connectivity index (χ1v) is 17.8. The predicted octanol–water partition coefficient (Wildman–Crippen LogP) is 3.70. The fourth-order valence-electron chi connectivity index (χ4n) is 7.47. The lowest BCUT2D eigenvalue weighted by Gasteiger charge is -2.38. The molecule has 8 atom stereocenters. The third-order valence-corrected chi connectivity index (χ3v) is 10.4. The molecule has 3 amide bonds. The van der Waals surface area contributed by atoms with Crippen molar-refractivity contribution < 1.29 is 38.5 Å². The van der Waals surface area contributed by atoms with E-state index in [2.05, 4.69) is 34.4 Å². The lowest BCUT2D eigenvalue weighted by molar-refractivity contribution is -0.163. The van der Waals surface area contributed by atoms with Crippen LogP contribution in [0.2, 0.25) is 0 Å². The maximum absolute atomic E-state index is 14.5. The summed E-state index contributed by atoms with van der Waals surface area (Å²) in [5, 5.41) is 12.3. The average molecular weight is 733 g/mol. The summed E-state index contributed by atoms with van der Waals surface area (Å²) in [6.45, 7) is 12.0. The van der Waals surface area contributed by atoms with E-state index in [0.717, 1.165) is 0 Å². The summed E-state index contributed by atoms with van der Waals surface area (Å²) in [7, 11) is 1.51. The van der Waals surface area contributed by atoms with Crippen LogP contribution in [0.1, 0.15) is 64.0 Å². The number of unbranched alkanes of at least 4 members (excludes halogenated alkanes) is 2. The number of aliphatic hydroxyl groups is 1. The number of rotatable bonds is 19. The number of alkyl halides is 1. The van der Waals surface area contributed by atoms with Crippen LogP contribution in [0, 0.1) is 11.8 Å². The van der Waals surface area contributed by atoms with Gasteiger partial charge in [0, 0.05) is 44.1 Å². The number of aliphatic hydroxyl groups excluding tert-OH is 1. The predicted molar refractivity (Wildman–Crippen MR) is 184 cm³/mol. The van der Waals surface area contributed by atoms with Gasteiger partial charge in [-0.15, -0.1) is 13.2 Å². The fraction of sp³-hybridized carbons (Fsp3) is 0.611. The molecule has 1 aromatic carbocycles. The number of benzene rings is 1. The van der Waals surface area contributed by atoms with Gasteiger partial charge in [-0.25, -0.2) is 0 Å². The number of esters is 1. The standard InChI is InChI=1S/C36H50BrN3O8/c1-6-8-17-27(42)38-26(22-46-5)30(24-15-11-9-12-16-24)47-35(45)28-29-33(43)40(19-13-10-14-20-41)32(34(44)39(18-7-2)23(3)4)36(29)21-25(37)31(28)48-36/h6-7,9,11-12,15-16,23,25-26,28-32,41H,1-2,8,10,13-14,17-22H2,3-5H3,(H,38,42)/t25?,26-,28-,29+,30-,31-,32-,36+/m1/s1. The Morgan fingerprint density at radius 3 is 2.54 bits per heavy atom. The van der Waals surface area contributed by atoms with Crippen molar-refractivity contribution in [3.63, 3.8) is 0 Å². The van der Waals surface area contributed by atoms with Gasteiger partial charge in [-0.05, 0) is 51.5 Å². The van der Waals surface area contributed by atoms with E-state index in [1.54, 1.807) is 22.0 Å². The average Bonchev–Trinajstić information content (AvgIpc) is 3.66. The number of carbonyl (C=O) groups is 4. The van der Waals surface area contributed by atoms with Gasteiger partial charge in [0.25, 0.3) is 0 Å². The van der Waals surface area contributed by atoms with Crippen molar-refractivity contribution in [1.82, 2.24) is 15.1 Å². The van der Waals surface area contributed by atoms with Crippen LogP contribution in [0.25, 0.3) is 0 Å². The molecule has 0 aliphatic carbocycles. The third-order valence-electron chi connectivity index (χ3n) is 9.59. The summed E-state index contributed by atoms with van der Waals surface area (Å²) < 4.78 is 18.4. The molecule has 2 N–H and O–H groups in total. The number of hydrogen-bond donors (Lipinski definition) is 2. The number of carbonyl (C=O) groups excluding carboxylic acids is 4. The molecule has 1 unspecified atom stereocenters. The molecular formula is C36H50BrN3O8. The summed E-state index contributed by atoms with van der Waals surface area (Å²) in [4.78, 5) is 59.1. The van der Waals surface area contributed by atoms with Gasteiger partial charge in [0.2, 0.25) is 17.7 Å². The minimum absolute atomic E-state index is 0.0364. The van der Waals surface area contributed by atoms with Crippen LogP contribution < -0.4 is 5.32 Å². The number of ether oxygens (including phenoxy) is 3. The fourth-order valence-corrected chi connectivity index (χ4v) is 8.41. The summed E-state index contributed by atoms with van der Waals surface area (Å²) in [6.07, 6.45) is 4.59. The first-order chi connectivity index (χ1) is 23.1. The Balaban J connectivity index is 1.71. The minimum atomic E-state index is -1.24. The zero-order valence-electron chi connectivity index (χ0n) is 28.2. The normalized spacial score (nSPS) is 27.0. The molecule has 4 rings (SSSR count). The van der Waals surface area contributed by atoms with Gasteiger partial charge in [-0.2, -0.15) is 0 Å². The lowest BCUT2D eigenvalue weighted by atomic mass is 9.70. The summed E-state index contributed by atoms with van der Waals surface area (Å²) in [5.41, 5.74) is -0.589. The number of nitrogens with zero attached hydrogens (tertiary/aromatic N) is 2. The van der Waals surface area contributed by atoms with Gasteiger partial charge in [0.15, 0.2) is 0 Å². The van der Waals surface area contributed by atoms with Gasteiger partial charge in [0.05, 0.1) is 30.6 Å². The molecule has 1 aromatic rings. The monoisotopic (exact) mass is 731 g/mol. The zero-order chi connectivity index (χ0) is 35.0. The van der Waals surface area contributed by atoms with Crippen molar-refractivity contribution in [3.8, 4) is 0 Å². The molecule has 3 aliphatic rings. The Hall–Kier alpha value is -3.06. The van der Waals surface area contributed by atoms with Gasteiger partial charge < -0.3 is 34.4 Å². The molecule has 2 bridgehead atoms. The van der Waals surface area contributed by atoms with E-state index >= 15 is 0 Å². The second kappa shape index (κ2) is 17.0. The number of nitrogens with one attached hydrogen (secondary N) is 1. The SMILES string of the molecule is C=CCCC(=O)N[C@H](COC)[C@H](OC(=O)[C@H]1[C@@H]2O[C@@]3(CC2Br)[C@@H]1C(=O)N(CCCCCO)[C@@H]3C(=O)N(CC=C)C(C)C)c1ccccc1. The maximum atomic E-state index is 14.5. The molecule has 0 saturated carbocycles. The summed E-state index contributed by atoms with van der Waals surface area (Å²) >= 11 is 3.73. The first-order valence-electron chi connectivity index (χ1n) is 16.8. The van der Waals surface area contributed by atoms with Crippen LogP contribution in [-0.2, 0) is 33.4 Å². The van der Waals surface area contributed by atoms with E-state index in [1.807, 2.05) is 44.2 Å². The van der Waals surface area contributed by atoms with E-state index in [9.17, 15) is 24.3 Å². The Morgan fingerprint density at radius 2 is 1.92 bits per heavy atom. The molecule has 1 spiro atoms. The highest BCUT2D eigenvalue weighted by molar-refractivity contribution is 9.09. The Kier molecular flexibility index (Phi) is 13.4. The largest absolute Gasteiger partial charge is 0.455 e. The highest BCUT2D eigenvalue weighted by Crippen LogP contribution is 2.60. The molecule has 264 valence electrons. The van der Waals surface area contributed by atoms with Crippen molar-refractivity contribution in [2.45, 2.75) is 93.1 Å². The Bertz CT molecular complexity index is 1310. The number of methoxy groups -OCH3 is 1. The van der Waals surface area contributed by atoms with E-state index < -0.39 is 47.7 Å². The van der Waals surface area contributed by atoms with Crippen molar-refractivity contribution in [1.29, 1.82) is 0 Å². The van der Waals surface area contributed by atoms with Crippen LogP contribution in [-0.4, -0.2) is 107 Å². The number of amides is 3. The summed E-state index contributed by atoms with van der Waals surface area (Å²) in [6, 6.07) is 7.28. The summed E-state index contributed by atoms with van der Waals surface area (Å²) in [5.74, 6) is -3.37. The lowest BCUT2D eigenvalue weighted by Crippen LogP contribution is -2.58. The van der Waals surface area contributed by atoms with Crippen LogP contribution in [0.5, 0.6) is 0 Å². The van der Waals surface area contributed by atoms with E-state index in [4.69, 9.17) is 14.2 Å². The molecule has 11 nitrogen and oxygen atoms in total. The Morgan fingerprint density at radius 1 is 1.19 bits per heavy atom. The van der Waals surface area contributed by atoms with Crippen molar-refractivity contribution in [3.05, 3.63) is 61.2 Å². The van der Waals surface area contributed by atoms with Crippen LogP contribution >= 0.6 is 15.9 Å². The van der Waals surface area contributed by atoms with Crippen molar-refractivity contribution >= 4 is 39.6 Å². The Labute approximate surface area is 292 Å². The van der Waals surface area contributed by atoms with E-state index in [-0.39, 0.29) is 54.8 Å². The van der Waals surface area contributed by atoms with Crippen LogP contribution in [0.3, 0.4) is 0 Å².